The zero-order chi connectivity index (χ0) is 11.8. The average molecular weight is 230 g/mol. The molecular formula is C12H7FN2O2. The molecule has 3 rings (SSSR count). The molecule has 0 bridgehead atoms. The molecule has 84 valence electrons. The van der Waals surface area contributed by atoms with Crippen LogP contribution in [0.2, 0.25) is 0 Å². The Bertz CT molecular complexity index is 686. The molecule has 0 aliphatic heterocycles. The van der Waals surface area contributed by atoms with E-state index < -0.39 is 0 Å². The molecule has 0 spiro atoms. The van der Waals surface area contributed by atoms with Gasteiger partial charge < -0.3 is 9.40 Å². The minimum atomic E-state index is -0.365. The second kappa shape index (κ2) is 3.55. The molecule has 0 fully saturated rings. The summed E-state index contributed by atoms with van der Waals surface area (Å²) in [5.74, 6) is -0.382. The second-order valence-electron chi connectivity index (χ2n) is 3.56. The van der Waals surface area contributed by atoms with Crippen molar-refractivity contribution in [3.63, 3.8) is 0 Å². The molecule has 1 N–H and O–H groups in total. The van der Waals surface area contributed by atoms with Crippen LogP contribution in [0.4, 0.5) is 4.39 Å². The quantitative estimate of drug-likeness (QED) is 0.688. The number of hydrogen-bond acceptors (Lipinski definition) is 3. The zero-order valence-corrected chi connectivity index (χ0v) is 8.61. The van der Waals surface area contributed by atoms with E-state index in [9.17, 15) is 9.18 Å². The van der Waals surface area contributed by atoms with Crippen molar-refractivity contribution in [3.8, 4) is 0 Å². The number of imidazole rings is 1. The van der Waals surface area contributed by atoms with Crippen LogP contribution in [-0.2, 0) is 0 Å². The van der Waals surface area contributed by atoms with Crippen molar-refractivity contribution in [3.05, 3.63) is 54.1 Å². The van der Waals surface area contributed by atoms with Gasteiger partial charge in [-0.25, -0.2) is 9.37 Å². The van der Waals surface area contributed by atoms with Gasteiger partial charge in [-0.15, -0.1) is 0 Å². The number of carbonyl (C=O) groups is 1. The molecule has 0 saturated carbocycles. The van der Waals surface area contributed by atoms with E-state index in [4.69, 9.17) is 4.42 Å². The monoisotopic (exact) mass is 230 g/mol. The number of carbonyl (C=O) groups excluding carboxylic acids is 1. The van der Waals surface area contributed by atoms with Gasteiger partial charge in [0.05, 0.1) is 0 Å². The first-order chi connectivity index (χ1) is 8.24. The number of aromatic amines is 1. The van der Waals surface area contributed by atoms with E-state index in [0.29, 0.717) is 11.0 Å². The van der Waals surface area contributed by atoms with Crippen LogP contribution in [-0.4, -0.2) is 15.8 Å². The van der Waals surface area contributed by atoms with Gasteiger partial charge in [0.15, 0.2) is 11.6 Å². The van der Waals surface area contributed by atoms with Gasteiger partial charge in [-0.05, 0) is 24.3 Å². The van der Waals surface area contributed by atoms with E-state index in [2.05, 4.69) is 9.97 Å². The summed E-state index contributed by atoms with van der Waals surface area (Å²) in [5.41, 5.74) is 0.473. The first-order valence-corrected chi connectivity index (χ1v) is 4.97. The number of halogens is 1. The first kappa shape index (κ1) is 9.77. The highest BCUT2D eigenvalue weighted by atomic mass is 19.1. The average Bonchev–Trinajstić information content (AvgIpc) is 2.96. The fourth-order valence-electron chi connectivity index (χ4n) is 1.63. The maximum Gasteiger partial charge on any atom is 0.263 e. The topological polar surface area (TPSA) is 58.9 Å². The van der Waals surface area contributed by atoms with Gasteiger partial charge in [-0.1, -0.05) is 0 Å². The summed E-state index contributed by atoms with van der Waals surface area (Å²) in [7, 11) is 0. The fourth-order valence-corrected chi connectivity index (χ4v) is 1.63. The minimum Gasteiger partial charge on any atom is -0.452 e. The first-order valence-electron chi connectivity index (χ1n) is 4.97. The summed E-state index contributed by atoms with van der Waals surface area (Å²) in [6.07, 6.45) is 3.03. The van der Waals surface area contributed by atoms with E-state index in [1.165, 1.54) is 30.5 Å². The van der Waals surface area contributed by atoms with Crippen molar-refractivity contribution in [2.75, 3.05) is 0 Å². The van der Waals surface area contributed by atoms with E-state index in [-0.39, 0.29) is 23.2 Å². The Labute approximate surface area is 95.1 Å². The maximum absolute atomic E-state index is 13.0. The van der Waals surface area contributed by atoms with Crippen molar-refractivity contribution < 1.29 is 13.6 Å². The highest BCUT2D eigenvalue weighted by Crippen LogP contribution is 2.21. The lowest BCUT2D eigenvalue weighted by Crippen LogP contribution is -2.01. The Kier molecular flexibility index (Phi) is 2.04. The number of H-pyrrole nitrogens is 1. The van der Waals surface area contributed by atoms with Crippen LogP contribution in [0.5, 0.6) is 0 Å². The standard InChI is InChI=1S/C12H7FN2O2/c13-8-1-2-9-7(5-8)6-10(17-9)11(16)12-14-3-4-15-12/h1-6H,(H,14,15). The molecule has 0 amide bonds. The van der Waals surface area contributed by atoms with Crippen molar-refractivity contribution in [2.45, 2.75) is 0 Å². The normalized spacial score (nSPS) is 10.9. The lowest BCUT2D eigenvalue weighted by atomic mass is 10.2. The summed E-state index contributed by atoms with van der Waals surface area (Å²) >= 11 is 0. The smallest absolute Gasteiger partial charge is 0.263 e. The van der Waals surface area contributed by atoms with Gasteiger partial charge >= 0.3 is 0 Å². The fraction of sp³-hybridized carbons (Fsp3) is 0. The number of nitrogens with zero attached hydrogens (tertiary/aromatic N) is 1. The van der Waals surface area contributed by atoms with Crippen LogP contribution in [0.1, 0.15) is 16.4 Å². The summed E-state index contributed by atoms with van der Waals surface area (Å²) in [5, 5.41) is 0.555. The molecular weight excluding hydrogens is 223 g/mol. The summed E-state index contributed by atoms with van der Waals surface area (Å²) < 4.78 is 18.3. The van der Waals surface area contributed by atoms with Crippen LogP contribution < -0.4 is 0 Å². The van der Waals surface area contributed by atoms with E-state index in [0.717, 1.165) is 0 Å². The molecule has 4 nitrogen and oxygen atoms in total. The van der Waals surface area contributed by atoms with Gasteiger partial charge in [-0.2, -0.15) is 0 Å². The van der Waals surface area contributed by atoms with Crippen LogP contribution in [0, 0.1) is 5.82 Å². The molecule has 0 aliphatic rings. The predicted octanol–water partition coefficient (Wildman–Crippen LogP) is 2.53. The molecule has 5 heteroatoms. The van der Waals surface area contributed by atoms with Crippen molar-refractivity contribution in [1.82, 2.24) is 9.97 Å². The number of rotatable bonds is 2. The van der Waals surface area contributed by atoms with Crippen molar-refractivity contribution in [2.24, 2.45) is 0 Å². The third kappa shape index (κ3) is 1.61. The number of furan rings is 1. The number of nitrogens with one attached hydrogen (secondary N) is 1. The summed E-state index contributed by atoms with van der Waals surface area (Å²) in [6.45, 7) is 0. The van der Waals surface area contributed by atoms with E-state index in [1.807, 2.05) is 0 Å². The number of hydrogen-bond donors (Lipinski definition) is 1. The van der Waals surface area contributed by atoms with Gasteiger partial charge in [-0.3, -0.25) is 4.79 Å². The van der Waals surface area contributed by atoms with Crippen molar-refractivity contribution in [1.29, 1.82) is 0 Å². The Hall–Kier alpha value is -2.43. The Morgan fingerprint density at radius 3 is 3.00 bits per heavy atom. The Morgan fingerprint density at radius 1 is 1.35 bits per heavy atom. The number of fused-ring (bicyclic) bond motifs is 1. The number of aromatic nitrogens is 2. The third-order valence-corrected chi connectivity index (χ3v) is 2.42. The highest BCUT2D eigenvalue weighted by Gasteiger charge is 2.16. The summed E-state index contributed by atoms with van der Waals surface area (Å²) in [6, 6.07) is 5.59. The highest BCUT2D eigenvalue weighted by molar-refractivity contribution is 6.06. The lowest BCUT2D eigenvalue weighted by molar-refractivity contribution is 0.100. The van der Waals surface area contributed by atoms with Gasteiger partial charge in [0, 0.05) is 17.8 Å². The molecule has 2 aromatic heterocycles. The van der Waals surface area contributed by atoms with Crippen LogP contribution in [0.25, 0.3) is 11.0 Å². The summed E-state index contributed by atoms with van der Waals surface area (Å²) in [4.78, 5) is 18.4. The Morgan fingerprint density at radius 2 is 2.24 bits per heavy atom. The Balaban J connectivity index is 2.09. The lowest BCUT2D eigenvalue weighted by Gasteiger charge is -1.90. The number of ketones is 1. The molecule has 17 heavy (non-hydrogen) atoms. The molecule has 3 aromatic rings. The molecule has 0 aliphatic carbocycles. The van der Waals surface area contributed by atoms with E-state index >= 15 is 0 Å². The molecule has 2 heterocycles. The largest absolute Gasteiger partial charge is 0.452 e. The third-order valence-electron chi connectivity index (χ3n) is 2.42. The van der Waals surface area contributed by atoms with Gasteiger partial charge in [0.2, 0.25) is 0 Å². The van der Waals surface area contributed by atoms with Crippen LogP contribution >= 0.6 is 0 Å². The molecule has 1 aromatic carbocycles. The van der Waals surface area contributed by atoms with Gasteiger partial charge in [0.1, 0.15) is 11.4 Å². The number of benzene rings is 1. The van der Waals surface area contributed by atoms with Crippen molar-refractivity contribution >= 4 is 16.8 Å². The molecule has 0 unspecified atom stereocenters. The SMILES string of the molecule is O=C(c1ncc[nH]1)c1cc2cc(F)ccc2o1. The maximum atomic E-state index is 13.0. The molecule has 0 radical (unpaired) electrons. The zero-order valence-electron chi connectivity index (χ0n) is 8.61. The minimum absolute atomic E-state index is 0.139. The van der Waals surface area contributed by atoms with E-state index in [1.54, 1.807) is 6.20 Å². The predicted molar refractivity (Wildman–Crippen MR) is 58.2 cm³/mol. The van der Waals surface area contributed by atoms with Crippen LogP contribution in [0.3, 0.4) is 0 Å². The van der Waals surface area contributed by atoms with Gasteiger partial charge in [0.25, 0.3) is 5.78 Å². The van der Waals surface area contributed by atoms with Crippen LogP contribution in [0.15, 0.2) is 41.1 Å². The molecule has 0 saturated heterocycles. The second-order valence-corrected chi connectivity index (χ2v) is 3.56. The molecule has 0 atom stereocenters.